The van der Waals surface area contributed by atoms with Crippen LogP contribution in [0.25, 0.3) is 0 Å². The third-order valence-electron chi connectivity index (χ3n) is 6.32. The fraction of sp³-hybridized carbons (Fsp3) is 0.478. The zero-order valence-corrected chi connectivity index (χ0v) is 19.1. The largest absolute Gasteiger partial charge is 0.351 e. The molecule has 0 unspecified atom stereocenters. The molecule has 32 heavy (non-hydrogen) atoms. The lowest BCUT2D eigenvalue weighted by Crippen LogP contribution is -2.65. The molecular weight excluding hydrogens is 430 g/mol. The summed E-state index contributed by atoms with van der Waals surface area (Å²) >= 11 is 6.15. The summed E-state index contributed by atoms with van der Waals surface area (Å²) in [6.07, 6.45) is 6.29. The first-order chi connectivity index (χ1) is 15.3. The number of hydrogen-bond donors (Lipinski definition) is 2. The van der Waals surface area contributed by atoms with Crippen molar-refractivity contribution in [1.29, 1.82) is 0 Å². The Morgan fingerprint density at radius 1 is 1.25 bits per heavy atom. The van der Waals surface area contributed by atoms with Crippen molar-refractivity contribution in [3.63, 3.8) is 0 Å². The molecule has 9 heteroatoms. The highest BCUT2D eigenvalue weighted by Gasteiger charge is 2.48. The van der Waals surface area contributed by atoms with Crippen LogP contribution in [0.2, 0.25) is 5.02 Å². The van der Waals surface area contributed by atoms with E-state index >= 15 is 0 Å². The molecule has 0 bridgehead atoms. The van der Waals surface area contributed by atoms with Gasteiger partial charge in [-0.05, 0) is 38.3 Å². The summed E-state index contributed by atoms with van der Waals surface area (Å²) in [6.45, 7) is 4.39. The summed E-state index contributed by atoms with van der Waals surface area (Å²) in [5, 5.41) is 6.25. The van der Waals surface area contributed by atoms with Gasteiger partial charge in [-0.3, -0.25) is 14.4 Å². The number of halogens is 1. The van der Waals surface area contributed by atoms with Crippen LogP contribution in [-0.2, 0) is 11.3 Å². The van der Waals surface area contributed by atoms with Gasteiger partial charge >= 0.3 is 0 Å². The highest BCUT2D eigenvalue weighted by molar-refractivity contribution is 6.34. The lowest BCUT2D eigenvalue weighted by molar-refractivity contribution is -0.133. The molecule has 4 rings (SSSR count). The molecule has 8 nitrogen and oxygen atoms in total. The van der Waals surface area contributed by atoms with Gasteiger partial charge in [0.05, 0.1) is 23.6 Å². The van der Waals surface area contributed by atoms with Gasteiger partial charge in [0.25, 0.3) is 11.8 Å². The lowest BCUT2D eigenvalue weighted by Gasteiger charge is -2.44. The second-order valence-corrected chi connectivity index (χ2v) is 9.10. The quantitative estimate of drug-likeness (QED) is 0.694. The number of rotatable bonds is 6. The van der Waals surface area contributed by atoms with E-state index in [0.717, 1.165) is 25.7 Å². The monoisotopic (exact) mass is 457 g/mol. The molecular formula is C23H28ClN5O3. The van der Waals surface area contributed by atoms with Gasteiger partial charge in [-0.1, -0.05) is 43.5 Å². The van der Waals surface area contributed by atoms with Crippen LogP contribution in [0, 0.1) is 0 Å². The number of carbonyl (C=O) groups is 3. The average Bonchev–Trinajstić information content (AvgIpc) is 3.42. The van der Waals surface area contributed by atoms with Gasteiger partial charge in [-0.2, -0.15) is 0 Å². The third kappa shape index (κ3) is 3.99. The van der Waals surface area contributed by atoms with E-state index in [0.29, 0.717) is 23.7 Å². The Bertz CT molecular complexity index is 1050. The van der Waals surface area contributed by atoms with E-state index in [1.165, 1.54) is 6.33 Å². The molecule has 2 aliphatic rings. The van der Waals surface area contributed by atoms with Crippen molar-refractivity contribution < 1.29 is 14.4 Å². The topological polar surface area (TPSA) is 96.3 Å². The van der Waals surface area contributed by atoms with Crippen LogP contribution in [-0.4, -0.2) is 50.3 Å². The number of benzene rings is 1. The number of fused-ring (bicyclic) bond motifs is 1. The van der Waals surface area contributed by atoms with E-state index in [2.05, 4.69) is 15.6 Å². The molecule has 2 N–H and O–H groups in total. The summed E-state index contributed by atoms with van der Waals surface area (Å²) in [4.78, 5) is 45.6. The number of amides is 3. The van der Waals surface area contributed by atoms with Gasteiger partial charge in [0.2, 0.25) is 5.91 Å². The molecule has 170 valence electrons. The van der Waals surface area contributed by atoms with Gasteiger partial charge in [-0.15, -0.1) is 0 Å². The van der Waals surface area contributed by atoms with Crippen molar-refractivity contribution in [1.82, 2.24) is 19.8 Å². The van der Waals surface area contributed by atoms with Crippen molar-refractivity contribution in [3.8, 4) is 0 Å². The van der Waals surface area contributed by atoms with Crippen molar-refractivity contribution in [2.75, 3.05) is 11.9 Å². The fourth-order valence-electron chi connectivity index (χ4n) is 4.58. The van der Waals surface area contributed by atoms with Gasteiger partial charge in [0.15, 0.2) is 5.69 Å². The number of imidazole rings is 1. The second-order valence-electron chi connectivity index (χ2n) is 8.69. The Hall–Kier alpha value is -2.87. The zero-order valence-electron chi connectivity index (χ0n) is 18.4. The van der Waals surface area contributed by atoms with E-state index in [9.17, 15) is 14.4 Å². The first-order valence-electron chi connectivity index (χ1n) is 11.1. The standard InChI is InChI=1S/C23H28ClN5O3/c1-3-12-29-21(31)19-18(20(30)27-17-11-7-6-10-16(17)24)25-14-28(19)13-23(29,2)22(32)26-15-8-4-5-9-15/h6-7,10-11,14-15H,3-5,8-9,12-13H2,1-2H3,(H,26,32)(H,27,30)/t23-/m1/s1. The van der Waals surface area contributed by atoms with Crippen LogP contribution < -0.4 is 10.6 Å². The number of hydrogen-bond acceptors (Lipinski definition) is 4. The number of anilines is 1. The maximum absolute atomic E-state index is 13.5. The Kier molecular flexibility index (Phi) is 6.24. The molecule has 0 saturated heterocycles. The van der Waals surface area contributed by atoms with Crippen LogP contribution in [0.15, 0.2) is 30.6 Å². The Morgan fingerprint density at radius 3 is 2.66 bits per heavy atom. The summed E-state index contributed by atoms with van der Waals surface area (Å²) < 4.78 is 1.62. The van der Waals surface area contributed by atoms with E-state index in [1.807, 2.05) is 6.92 Å². The molecule has 1 aromatic heterocycles. The molecule has 1 aromatic carbocycles. The van der Waals surface area contributed by atoms with E-state index in [1.54, 1.807) is 40.7 Å². The maximum atomic E-state index is 13.5. The normalized spacial score (nSPS) is 20.8. The van der Waals surface area contributed by atoms with Crippen molar-refractivity contribution >= 4 is 35.0 Å². The van der Waals surface area contributed by atoms with Gasteiger partial charge in [0, 0.05) is 12.6 Å². The third-order valence-corrected chi connectivity index (χ3v) is 6.65. The molecule has 1 aliphatic carbocycles. The minimum atomic E-state index is -1.06. The molecule has 0 spiro atoms. The van der Waals surface area contributed by atoms with E-state index < -0.39 is 11.4 Å². The van der Waals surface area contributed by atoms with Crippen LogP contribution >= 0.6 is 11.6 Å². The van der Waals surface area contributed by atoms with Gasteiger partial charge < -0.3 is 20.1 Å². The Labute approximate surface area is 192 Å². The van der Waals surface area contributed by atoms with E-state index in [-0.39, 0.29) is 35.8 Å². The highest BCUT2D eigenvalue weighted by Crippen LogP contribution is 2.31. The second kappa shape index (κ2) is 8.94. The minimum Gasteiger partial charge on any atom is -0.351 e. The summed E-state index contributed by atoms with van der Waals surface area (Å²) in [7, 11) is 0. The Balaban J connectivity index is 1.63. The fourth-order valence-corrected chi connectivity index (χ4v) is 4.77. The first kappa shape index (κ1) is 22.3. The van der Waals surface area contributed by atoms with Crippen LogP contribution in [0.5, 0.6) is 0 Å². The molecule has 1 saturated carbocycles. The van der Waals surface area contributed by atoms with E-state index in [4.69, 9.17) is 11.6 Å². The number of aromatic nitrogens is 2. The zero-order chi connectivity index (χ0) is 22.9. The average molecular weight is 458 g/mol. The highest BCUT2D eigenvalue weighted by atomic mass is 35.5. The van der Waals surface area contributed by atoms with Crippen molar-refractivity contribution in [3.05, 3.63) is 47.0 Å². The minimum absolute atomic E-state index is 0.0225. The first-order valence-corrected chi connectivity index (χ1v) is 11.5. The summed E-state index contributed by atoms with van der Waals surface area (Å²) in [5.74, 6) is -1.05. The molecule has 1 fully saturated rings. The Morgan fingerprint density at radius 2 is 1.97 bits per heavy atom. The predicted molar refractivity (Wildman–Crippen MR) is 122 cm³/mol. The van der Waals surface area contributed by atoms with Gasteiger partial charge in [-0.25, -0.2) is 4.98 Å². The molecule has 0 radical (unpaired) electrons. The number of para-hydroxylation sites is 1. The number of carbonyl (C=O) groups excluding carboxylic acids is 3. The van der Waals surface area contributed by atoms with Crippen molar-refractivity contribution in [2.45, 2.75) is 64.1 Å². The molecule has 2 aromatic rings. The maximum Gasteiger partial charge on any atom is 0.276 e. The summed E-state index contributed by atoms with van der Waals surface area (Å²) in [5.41, 5.74) is -0.404. The summed E-state index contributed by atoms with van der Waals surface area (Å²) in [6, 6.07) is 7.02. The SMILES string of the molecule is CCCN1C(=O)c2c(C(=O)Nc3ccccc3Cl)ncn2C[C@]1(C)C(=O)NC1CCCC1. The number of nitrogens with zero attached hydrogens (tertiary/aromatic N) is 3. The lowest BCUT2D eigenvalue weighted by atomic mass is 9.93. The van der Waals surface area contributed by atoms with Crippen LogP contribution in [0.3, 0.4) is 0 Å². The predicted octanol–water partition coefficient (Wildman–Crippen LogP) is 3.47. The molecule has 1 atom stereocenters. The molecule has 2 heterocycles. The molecule has 1 aliphatic heterocycles. The van der Waals surface area contributed by atoms with Crippen LogP contribution in [0.1, 0.15) is 66.9 Å². The van der Waals surface area contributed by atoms with Crippen molar-refractivity contribution in [2.24, 2.45) is 0 Å². The smallest absolute Gasteiger partial charge is 0.276 e. The van der Waals surface area contributed by atoms with Gasteiger partial charge in [0.1, 0.15) is 11.2 Å². The molecule has 3 amide bonds. The number of nitrogens with one attached hydrogen (secondary N) is 2. The van der Waals surface area contributed by atoms with Crippen LogP contribution in [0.4, 0.5) is 5.69 Å².